The van der Waals surface area contributed by atoms with Crippen LogP contribution in [-0.4, -0.2) is 15.9 Å². The molecule has 0 aliphatic heterocycles. The van der Waals surface area contributed by atoms with Crippen LogP contribution in [0.15, 0.2) is 35.4 Å². The molecule has 0 aromatic carbocycles. The molecular weight excluding hydrogens is 254 g/mol. The van der Waals surface area contributed by atoms with Crippen LogP contribution < -0.4 is 10.7 Å². The minimum Gasteiger partial charge on any atom is -0.364 e. The zero-order valence-corrected chi connectivity index (χ0v) is 11.6. The first-order valence-corrected chi connectivity index (χ1v) is 6.52. The van der Waals surface area contributed by atoms with Crippen molar-refractivity contribution in [1.29, 1.82) is 0 Å². The molecule has 0 atom stereocenters. The summed E-state index contributed by atoms with van der Waals surface area (Å²) < 4.78 is 0. The molecule has 0 spiro atoms. The van der Waals surface area contributed by atoms with E-state index >= 15 is 0 Å². The molecule has 20 heavy (non-hydrogen) atoms. The number of rotatable bonds is 4. The second-order valence-electron chi connectivity index (χ2n) is 4.54. The Balaban J connectivity index is 2.11. The SMILES string of the molecule is CCc1cccnc1CNC(=O)c1c[nH]c(C)cc1=O. The Morgan fingerprint density at radius 2 is 2.25 bits per heavy atom. The van der Waals surface area contributed by atoms with Crippen LogP contribution in [0.1, 0.15) is 34.2 Å². The van der Waals surface area contributed by atoms with E-state index in [4.69, 9.17) is 0 Å². The molecule has 0 aliphatic rings. The van der Waals surface area contributed by atoms with Crippen molar-refractivity contribution in [2.24, 2.45) is 0 Å². The maximum atomic E-state index is 12.0. The molecule has 5 nitrogen and oxygen atoms in total. The highest BCUT2D eigenvalue weighted by molar-refractivity contribution is 5.93. The predicted octanol–water partition coefficient (Wildman–Crippen LogP) is 1.57. The quantitative estimate of drug-likeness (QED) is 0.886. The number of carbonyl (C=O) groups is 1. The van der Waals surface area contributed by atoms with Crippen LogP contribution in [0.3, 0.4) is 0 Å². The minimum atomic E-state index is -0.390. The average molecular weight is 271 g/mol. The molecule has 0 unspecified atom stereocenters. The van der Waals surface area contributed by atoms with Crippen molar-refractivity contribution in [1.82, 2.24) is 15.3 Å². The summed E-state index contributed by atoms with van der Waals surface area (Å²) in [5.74, 6) is -0.390. The van der Waals surface area contributed by atoms with Crippen LogP contribution in [0.2, 0.25) is 0 Å². The molecule has 0 aliphatic carbocycles. The fourth-order valence-electron chi connectivity index (χ4n) is 1.96. The van der Waals surface area contributed by atoms with E-state index in [1.807, 2.05) is 19.1 Å². The molecule has 104 valence electrons. The molecule has 0 bridgehead atoms. The van der Waals surface area contributed by atoms with E-state index in [1.165, 1.54) is 12.3 Å². The number of hydrogen-bond acceptors (Lipinski definition) is 3. The Kier molecular flexibility index (Phi) is 4.30. The number of aryl methyl sites for hydroxylation is 2. The van der Waals surface area contributed by atoms with Gasteiger partial charge in [-0.2, -0.15) is 0 Å². The van der Waals surface area contributed by atoms with Crippen LogP contribution in [0, 0.1) is 6.92 Å². The van der Waals surface area contributed by atoms with Gasteiger partial charge in [0.25, 0.3) is 5.91 Å². The molecule has 5 heteroatoms. The molecule has 0 radical (unpaired) electrons. The average Bonchev–Trinajstić information content (AvgIpc) is 2.45. The number of H-pyrrole nitrogens is 1. The Morgan fingerprint density at radius 3 is 2.95 bits per heavy atom. The summed E-state index contributed by atoms with van der Waals surface area (Å²) in [6, 6.07) is 5.26. The largest absolute Gasteiger partial charge is 0.364 e. The van der Waals surface area contributed by atoms with Crippen LogP contribution in [0.5, 0.6) is 0 Å². The number of amides is 1. The summed E-state index contributed by atoms with van der Waals surface area (Å²) in [5.41, 5.74) is 2.47. The van der Waals surface area contributed by atoms with Gasteiger partial charge in [-0.1, -0.05) is 13.0 Å². The highest BCUT2D eigenvalue weighted by Crippen LogP contribution is 2.05. The number of nitrogens with one attached hydrogen (secondary N) is 2. The van der Waals surface area contributed by atoms with Gasteiger partial charge in [0, 0.05) is 24.2 Å². The molecule has 2 rings (SSSR count). The first-order valence-electron chi connectivity index (χ1n) is 6.52. The third kappa shape index (κ3) is 3.12. The number of aromatic nitrogens is 2. The van der Waals surface area contributed by atoms with Gasteiger partial charge in [0.2, 0.25) is 0 Å². The Morgan fingerprint density at radius 1 is 1.45 bits per heavy atom. The molecule has 0 fully saturated rings. The number of hydrogen-bond donors (Lipinski definition) is 2. The lowest BCUT2D eigenvalue weighted by Crippen LogP contribution is -2.29. The Labute approximate surface area is 117 Å². The second kappa shape index (κ2) is 6.14. The zero-order chi connectivity index (χ0) is 14.5. The molecule has 1 amide bonds. The van der Waals surface area contributed by atoms with Crippen molar-refractivity contribution in [2.45, 2.75) is 26.8 Å². The summed E-state index contributed by atoms with van der Waals surface area (Å²) in [7, 11) is 0. The smallest absolute Gasteiger partial charge is 0.257 e. The maximum Gasteiger partial charge on any atom is 0.257 e. The van der Waals surface area contributed by atoms with Crippen molar-refractivity contribution < 1.29 is 4.79 Å². The van der Waals surface area contributed by atoms with E-state index in [1.54, 1.807) is 13.1 Å². The van der Waals surface area contributed by atoms with Crippen molar-refractivity contribution in [2.75, 3.05) is 0 Å². The normalized spacial score (nSPS) is 10.3. The van der Waals surface area contributed by atoms with Crippen molar-refractivity contribution in [3.8, 4) is 0 Å². The molecule has 0 saturated carbocycles. The van der Waals surface area contributed by atoms with E-state index in [-0.39, 0.29) is 16.9 Å². The number of pyridine rings is 2. The first kappa shape index (κ1) is 14.0. The van der Waals surface area contributed by atoms with Crippen LogP contribution >= 0.6 is 0 Å². The maximum absolute atomic E-state index is 12.0. The van der Waals surface area contributed by atoms with Crippen LogP contribution in [-0.2, 0) is 13.0 Å². The van der Waals surface area contributed by atoms with Gasteiger partial charge in [-0.3, -0.25) is 14.6 Å². The van der Waals surface area contributed by atoms with Crippen LogP contribution in [0.25, 0.3) is 0 Å². The van der Waals surface area contributed by atoms with E-state index in [0.717, 1.165) is 23.4 Å². The minimum absolute atomic E-state index is 0.115. The summed E-state index contributed by atoms with van der Waals surface area (Å²) in [4.78, 5) is 30.8. The van der Waals surface area contributed by atoms with Gasteiger partial charge in [0.1, 0.15) is 5.56 Å². The van der Waals surface area contributed by atoms with Gasteiger partial charge in [0.15, 0.2) is 5.43 Å². The highest BCUT2D eigenvalue weighted by atomic mass is 16.2. The summed E-state index contributed by atoms with van der Waals surface area (Å²) >= 11 is 0. The summed E-state index contributed by atoms with van der Waals surface area (Å²) in [6.45, 7) is 4.12. The monoisotopic (exact) mass is 271 g/mol. The van der Waals surface area contributed by atoms with E-state index in [2.05, 4.69) is 15.3 Å². The predicted molar refractivity (Wildman–Crippen MR) is 76.6 cm³/mol. The molecule has 2 N–H and O–H groups in total. The topological polar surface area (TPSA) is 74.8 Å². The molecule has 2 aromatic heterocycles. The summed E-state index contributed by atoms with van der Waals surface area (Å²) in [5, 5.41) is 2.73. The lowest BCUT2D eigenvalue weighted by molar-refractivity contribution is 0.0949. The third-order valence-corrected chi connectivity index (χ3v) is 3.08. The van der Waals surface area contributed by atoms with Gasteiger partial charge in [-0.05, 0) is 25.0 Å². The number of aromatic amines is 1. The Hall–Kier alpha value is -2.43. The fraction of sp³-hybridized carbons (Fsp3) is 0.267. The first-order chi connectivity index (χ1) is 9.61. The van der Waals surface area contributed by atoms with E-state index < -0.39 is 0 Å². The zero-order valence-electron chi connectivity index (χ0n) is 11.6. The van der Waals surface area contributed by atoms with E-state index in [0.29, 0.717) is 6.54 Å². The lowest BCUT2D eigenvalue weighted by atomic mass is 10.1. The molecular formula is C15H17N3O2. The molecule has 2 heterocycles. The van der Waals surface area contributed by atoms with Gasteiger partial charge in [-0.15, -0.1) is 0 Å². The van der Waals surface area contributed by atoms with Crippen molar-refractivity contribution >= 4 is 5.91 Å². The number of carbonyl (C=O) groups excluding carboxylic acids is 1. The van der Waals surface area contributed by atoms with Gasteiger partial charge >= 0.3 is 0 Å². The highest BCUT2D eigenvalue weighted by Gasteiger charge is 2.11. The van der Waals surface area contributed by atoms with Gasteiger partial charge in [-0.25, -0.2) is 0 Å². The van der Waals surface area contributed by atoms with E-state index in [9.17, 15) is 9.59 Å². The van der Waals surface area contributed by atoms with Gasteiger partial charge in [0.05, 0.1) is 12.2 Å². The number of nitrogens with zero attached hydrogens (tertiary/aromatic N) is 1. The lowest BCUT2D eigenvalue weighted by Gasteiger charge is -2.08. The third-order valence-electron chi connectivity index (χ3n) is 3.08. The van der Waals surface area contributed by atoms with Gasteiger partial charge < -0.3 is 10.3 Å². The Bertz CT molecular complexity index is 677. The second-order valence-corrected chi connectivity index (χ2v) is 4.54. The van der Waals surface area contributed by atoms with Crippen LogP contribution in [0.4, 0.5) is 0 Å². The molecule has 2 aromatic rings. The molecule has 0 saturated heterocycles. The van der Waals surface area contributed by atoms with Crippen molar-refractivity contribution in [3.63, 3.8) is 0 Å². The van der Waals surface area contributed by atoms with Crippen molar-refractivity contribution in [3.05, 3.63) is 63.3 Å². The standard InChI is InChI=1S/C15H17N3O2/c1-3-11-5-4-6-16-13(11)9-18-15(20)12-8-17-10(2)7-14(12)19/h4-8H,3,9H2,1-2H3,(H,17,19)(H,18,20). The summed E-state index contributed by atoms with van der Waals surface area (Å²) in [6.07, 6.45) is 3.98. The fourth-order valence-corrected chi connectivity index (χ4v) is 1.96.